The quantitative estimate of drug-likeness (QED) is 0.645. The Labute approximate surface area is 122 Å². The van der Waals surface area contributed by atoms with E-state index in [4.69, 9.17) is 5.73 Å². The molecular formula is C17H28N2O. The summed E-state index contributed by atoms with van der Waals surface area (Å²) in [7, 11) is 0. The lowest BCUT2D eigenvalue weighted by Gasteiger charge is -2.12. The van der Waals surface area contributed by atoms with Gasteiger partial charge in [0.25, 0.3) is 0 Å². The Morgan fingerprint density at radius 3 is 2.45 bits per heavy atom. The highest BCUT2D eigenvalue weighted by Crippen LogP contribution is 2.04. The van der Waals surface area contributed by atoms with Crippen molar-refractivity contribution in [3.63, 3.8) is 0 Å². The van der Waals surface area contributed by atoms with Crippen LogP contribution in [0.2, 0.25) is 0 Å². The Morgan fingerprint density at radius 2 is 1.75 bits per heavy atom. The molecule has 1 atom stereocenters. The van der Waals surface area contributed by atoms with Crippen molar-refractivity contribution in [1.29, 1.82) is 0 Å². The maximum atomic E-state index is 11.8. The predicted molar refractivity (Wildman–Crippen MR) is 84.5 cm³/mol. The number of carbonyl (C=O) groups excluding carboxylic acids is 1. The maximum Gasteiger partial charge on any atom is 0.237 e. The first-order chi connectivity index (χ1) is 9.74. The lowest BCUT2D eigenvalue weighted by Crippen LogP contribution is -2.42. The molecule has 0 spiro atoms. The number of benzene rings is 1. The van der Waals surface area contributed by atoms with E-state index in [1.807, 2.05) is 30.3 Å². The SMILES string of the molecule is CCCCCCCCNC(=O)C(N)Cc1ccccc1. The molecule has 0 fully saturated rings. The highest BCUT2D eigenvalue weighted by molar-refractivity contribution is 5.81. The van der Waals surface area contributed by atoms with Gasteiger partial charge in [0.15, 0.2) is 0 Å². The summed E-state index contributed by atoms with van der Waals surface area (Å²) in [6.07, 6.45) is 7.99. The molecular weight excluding hydrogens is 248 g/mol. The highest BCUT2D eigenvalue weighted by atomic mass is 16.2. The average Bonchev–Trinajstić information content (AvgIpc) is 2.47. The topological polar surface area (TPSA) is 55.1 Å². The van der Waals surface area contributed by atoms with Gasteiger partial charge in [0, 0.05) is 6.54 Å². The van der Waals surface area contributed by atoms with Crippen LogP contribution in [0.5, 0.6) is 0 Å². The van der Waals surface area contributed by atoms with Crippen molar-refractivity contribution in [2.75, 3.05) is 6.54 Å². The summed E-state index contributed by atoms with van der Waals surface area (Å²) in [4.78, 5) is 11.8. The molecule has 1 aromatic rings. The van der Waals surface area contributed by atoms with Crippen LogP contribution >= 0.6 is 0 Å². The molecule has 3 nitrogen and oxygen atoms in total. The summed E-state index contributed by atoms with van der Waals surface area (Å²) in [5.41, 5.74) is 7.02. The summed E-state index contributed by atoms with van der Waals surface area (Å²) >= 11 is 0. The molecule has 0 radical (unpaired) electrons. The van der Waals surface area contributed by atoms with E-state index in [9.17, 15) is 4.79 Å². The van der Waals surface area contributed by atoms with Crippen LogP contribution in [0.1, 0.15) is 51.0 Å². The van der Waals surface area contributed by atoms with Crippen molar-refractivity contribution in [3.05, 3.63) is 35.9 Å². The summed E-state index contributed by atoms with van der Waals surface area (Å²) in [6, 6.07) is 9.46. The largest absolute Gasteiger partial charge is 0.355 e. The highest BCUT2D eigenvalue weighted by Gasteiger charge is 2.12. The molecule has 3 heteroatoms. The number of nitrogens with one attached hydrogen (secondary N) is 1. The number of hydrogen-bond donors (Lipinski definition) is 2. The minimum absolute atomic E-state index is 0.0394. The van der Waals surface area contributed by atoms with Gasteiger partial charge in [-0.3, -0.25) is 4.79 Å². The summed E-state index contributed by atoms with van der Waals surface area (Å²) < 4.78 is 0. The fourth-order valence-corrected chi connectivity index (χ4v) is 2.21. The van der Waals surface area contributed by atoms with Crippen molar-refractivity contribution in [2.45, 2.75) is 57.9 Å². The van der Waals surface area contributed by atoms with Gasteiger partial charge in [0.05, 0.1) is 6.04 Å². The molecule has 0 aliphatic carbocycles. The third-order valence-corrected chi connectivity index (χ3v) is 3.46. The van der Waals surface area contributed by atoms with E-state index in [0.717, 1.165) is 18.5 Å². The Bertz CT molecular complexity index is 365. The third kappa shape index (κ3) is 7.29. The first kappa shape index (κ1) is 16.7. The van der Waals surface area contributed by atoms with Crippen LogP contribution < -0.4 is 11.1 Å². The third-order valence-electron chi connectivity index (χ3n) is 3.46. The molecule has 20 heavy (non-hydrogen) atoms. The fraction of sp³-hybridized carbons (Fsp3) is 0.588. The molecule has 0 saturated heterocycles. The van der Waals surface area contributed by atoms with Gasteiger partial charge in [-0.1, -0.05) is 69.4 Å². The van der Waals surface area contributed by atoms with Crippen LogP contribution in [0.25, 0.3) is 0 Å². The molecule has 1 amide bonds. The molecule has 0 bridgehead atoms. The van der Waals surface area contributed by atoms with Gasteiger partial charge in [0.2, 0.25) is 5.91 Å². The predicted octanol–water partition coefficient (Wildman–Crippen LogP) is 3.03. The first-order valence-electron chi connectivity index (χ1n) is 7.81. The molecule has 0 heterocycles. The van der Waals surface area contributed by atoms with Gasteiger partial charge >= 0.3 is 0 Å². The van der Waals surface area contributed by atoms with Gasteiger partial charge in [-0.25, -0.2) is 0 Å². The van der Waals surface area contributed by atoms with Gasteiger partial charge in [-0.05, 0) is 18.4 Å². The number of nitrogens with two attached hydrogens (primary N) is 1. The Kier molecular flexibility index (Phi) is 8.72. The lowest BCUT2D eigenvalue weighted by molar-refractivity contribution is -0.122. The zero-order valence-corrected chi connectivity index (χ0v) is 12.6. The first-order valence-corrected chi connectivity index (χ1v) is 7.81. The molecule has 1 aromatic carbocycles. The zero-order valence-electron chi connectivity index (χ0n) is 12.6. The maximum absolute atomic E-state index is 11.8. The molecule has 0 aliphatic heterocycles. The number of unbranched alkanes of at least 4 members (excludes halogenated alkanes) is 5. The Balaban J connectivity index is 2.10. The van der Waals surface area contributed by atoms with E-state index in [0.29, 0.717) is 6.42 Å². The van der Waals surface area contributed by atoms with Crippen LogP contribution in [0, 0.1) is 0 Å². The van der Waals surface area contributed by atoms with Crippen LogP contribution in [-0.4, -0.2) is 18.5 Å². The zero-order chi connectivity index (χ0) is 14.6. The minimum Gasteiger partial charge on any atom is -0.355 e. The van der Waals surface area contributed by atoms with Crippen molar-refractivity contribution in [2.24, 2.45) is 5.73 Å². The van der Waals surface area contributed by atoms with E-state index in [1.165, 1.54) is 32.1 Å². The van der Waals surface area contributed by atoms with Crippen molar-refractivity contribution < 1.29 is 4.79 Å². The van der Waals surface area contributed by atoms with Gasteiger partial charge in [-0.2, -0.15) is 0 Å². The van der Waals surface area contributed by atoms with Gasteiger partial charge in [-0.15, -0.1) is 0 Å². The molecule has 1 rings (SSSR count). The number of hydrogen-bond acceptors (Lipinski definition) is 2. The Morgan fingerprint density at radius 1 is 1.10 bits per heavy atom. The van der Waals surface area contributed by atoms with Crippen LogP contribution in [-0.2, 0) is 11.2 Å². The van der Waals surface area contributed by atoms with E-state index in [1.54, 1.807) is 0 Å². The van der Waals surface area contributed by atoms with Crippen LogP contribution in [0.15, 0.2) is 30.3 Å². The number of carbonyl (C=O) groups is 1. The van der Waals surface area contributed by atoms with E-state index in [-0.39, 0.29) is 5.91 Å². The van der Waals surface area contributed by atoms with Crippen LogP contribution in [0.3, 0.4) is 0 Å². The summed E-state index contributed by atoms with van der Waals surface area (Å²) in [6.45, 7) is 2.96. The average molecular weight is 276 g/mol. The molecule has 1 unspecified atom stereocenters. The summed E-state index contributed by atoms with van der Waals surface area (Å²) in [5.74, 6) is -0.0394. The fourth-order valence-electron chi connectivity index (χ4n) is 2.21. The standard InChI is InChI=1S/C17H28N2O/c1-2-3-4-5-6-10-13-19-17(20)16(18)14-15-11-8-7-9-12-15/h7-9,11-12,16H,2-6,10,13-14,18H2,1H3,(H,19,20). The van der Waals surface area contributed by atoms with Gasteiger partial charge < -0.3 is 11.1 Å². The number of rotatable bonds is 10. The smallest absolute Gasteiger partial charge is 0.237 e. The Hall–Kier alpha value is -1.35. The summed E-state index contributed by atoms with van der Waals surface area (Å²) in [5, 5.41) is 2.93. The van der Waals surface area contributed by atoms with E-state index in [2.05, 4.69) is 12.2 Å². The van der Waals surface area contributed by atoms with Crippen molar-refractivity contribution in [1.82, 2.24) is 5.32 Å². The molecule has 112 valence electrons. The van der Waals surface area contributed by atoms with E-state index < -0.39 is 6.04 Å². The normalized spacial score (nSPS) is 12.1. The number of amides is 1. The van der Waals surface area contributed by atoms with Crippen LogP contribution in [0.4, 0.5) is 0 Å². The molecule has 0 saturated carbocycles. The molecule has 0 aliphatic rings. The molecule has 0 aromatic heterocycles. The second kappa shape index (κ2) is 10.4. The second-order valence-corrected chi connectivity index (χ2v) is 5.36. The van der Waals surface area contributed by atoms with Crippen molar-refractivity contribution in [3.8, 4) is 0 Å². The second-order valence-electron chi connectivity index (χ2n) is 5.36. The van der Waals surface area contributed by atoms with Gasteiger partial charge in [0.1, 0.15) is 0 Å². The monoisotopic (exact) mass is 276 g/mol. The van der Waals surface area contributed by atoms with Crippen molar-refractivity contribution >= 4 is 5.91 Å². The minimum atomic E-state index is -0.447. The lowest BCUT2D eigenvalue weighted by atomic mass is 10.1. The van der Waals surface area contributed by atoms with E-state index >= 15 is 0 Å². The molecule has 3 N–H and O–H groups in total.